The van der Waals surface area contributed by atoms with Crippen molar-refractivity contribution in [3.05, 3.63) is 44.0 Å². The highest BCUT2D eigenvalue weighted by molar-refractivity contribution is 14.1. The van der Waals surface area contributed by atoms with Gasteiger partial charge in [-0.05, 0) is 41.5 Å². The summed E-state index contributed by atoms with van der Waals surface area (Å²) in [6.45, 7) is 0.175. The first kappa shape index (κ1) is 12.6. The number of halogens is 1. The van der Waals surface area contributed by atoms with Gasteiger partial charge < -0.3 is 9.52 Å². The molecule has 0 atom stereocenters. The second-order valence-electron chi connectivity index (χ2n) is 3.85. The standard InChI is InChI=1S/C13H13IO3/c14-12-9-5-1-2-6-10(9)13(16)17-11(12)7-3-4-8-15/h1-2,5-6,15H,3-4,7-8H2. The molecule has 0 fully saturated rings. The van der Waals surface area contributed by atoms with Crippen LogP contribution in [0, 0.1) is 3.57 Å². The van der Waals surface area contributed by atoms with Crippen LogP contribution in [0.4, 0.5) is 0 Å². The van der Waals surface area contributed by atoms with Crippen molar-refractivity contribution >= 4 is 33.4 Å². The second-order valence-corrected chi connectivity index (χ2v) is 4.93. The van der Waals surface area contributed by atoms with Gasteiger partial charge in [0.25, 0.3) is 0 Å². The van der Waals surface area contributed by atoms with E-state index in [1.165, 1.54) is 0 Å². The average molecular weight is 344 g/mol. The van der Waals surface area contributed by atoms with Crippen LogP contribution in [0.3, 0.4) is 0 Å². The van der Waals surface area contributed by atoms with E-state index in [4.69, 9.17) is 9.52 Å². The number of hydrogen-bond donors (Lipinski definition) is 1. The number of aryl methyl sites for hydroxylation is 1. The summed E-state index contributed by atoms with van der Waals surface area (Å²) in [7, 11) is 0. The first-order valence-corrected chi connectivity index (χ1v) is 6.63. The molecule has 0 unspecified atom stereocenters. The molecule has 17 heavy (non-hydrogen) atoms. The Morgan fingerprint density at radius 2 is 1.88 bits per heavy atom. The molecule has 1 aromatic carbocycles. The normalized spacial score (nSPS) is 10.9. The van der Waals surface area contributed by atoms with Gasteiger partial charge in [-0.3, -0.25) is 0 Å². The van der Waals surface area contributed by atoms with Gasteiger partial charge in [-0.25, -0.2) is 4.79 Å². The average Bonchev–Trinajstić information content (AvgIpc) is 2.36. The van der Waals surface area contributed by atoms with E-state index >= 15 is 0 Å². The molecule has 1 N–H and O–H groups in total. The fourth-order valence-electron chi connectivity index (χ4n) is 1.77. The zero-order valence-electron chi connectivity index (χ0n) is 9.28. The van der Waals surface area contributed by atoms with Gasteiger partial charge in [0.2, 0.25) is 0 Å². The van der Waals surface area contributed by atoms with Gasteiger partial charge in [0.05, 0.1) is 8.96 Å². The number of fused-ring (bicyclic) bond motifs is 1. The summed E-state index contributed by atoms with van der Waals surface area (Å²) < 4.78 is 6.32. The van der Waals surface area contributed by atoms with Crippen LogP contribution in [0.15, 0.2) is 33.5 Å². The van der Waals surface area contributed by atoms with Gasteiger partial charge in [-0.1, -0.05) is 18.2 Å². The van der Waals surface area contributed by atoms with Crippen LogP contribution in [-0.2, 0) is 6.42 Å². The van der Waals surface area contributed by atoms with Gasteiger partial charge in [-0.2, -0.15) is 0 Å². The lowest BCUT2D eigenvalue weighted by Gasteiger charge is -2.05. The van der Waals surface area contributed by atoms with E-state index in [0.29, 0.717) is 11.8 Å². The van der Waals surface area contributed by atoms with E-state index in [0.717, 1.165) is 27.6 Å². The summed E-state index contributed by atoms with van der Waals surface area (Å²) in [4.78, 5) is 11.8. The highest BCUT2D eigenvalue weighted by atomic mass is 127. The van der Waals surface area contributed by atoms with Crippen molar-refractivity contribution in [1.82, 2.24) is 0 Å². The Balaban J connectivity index is 2.44. The lowest BCUT2D eigenvalue weighted by atomic mass is 10.1. The molecule has 0 aliphatic heterocycles. The Morgan fingerprint density at radius 3 is 2.59 bits per heavy atom. The van der Waals surface area contributed by atoms with Crippen LogP contribution < -0.4 is 5.63 Å². The van der Waals surface area contributed by atoms with Gasteiger partial charge in [0.1, 0.15) is 5.76 Å². The van der Waals surface area contributed by atoms with Gasteiger partial charge in [-0.15, -0.1) is 0 Å². The molecule has 2 aromatic rings. The summed E-state index contributed by atoms with van der Waals surface area (Å²) in [5.74, 6) is 0.725. The molecule has 0 aliphatic rings. The molecule has 2 rings (SSSR count). The van der Waals surface area contributed by atoms with E-state index in [2.05, 4.69) is 22.6 Å². The Hall–Kier alpha value is -0.880. The van der Waals surface area contributed by atoms with E-state index in [1.807, 2.05) is 18.2 Å². The largest absolute Gasteiger partial charge is 0.426 e. The molecule has 90 valence electrons. The van der Waals surface area contributed by atoms with Crippen LogP contribution in [0.2, 0.25) is 0 Å². The van der Waals surface area contributed by atoms with Crippen molar-refractivity contribution in [2.24, 2.45) is 0 Å². The smallest absolute Gasteiger partial charge is 0.343 e. The maximum Gasteiger partial charge on any atom is 0.343 e. The lowest BCUT2D eigenvalue weighted by Crippen LogP contribution is -2.05. The van der Waals surface area contributed by atoms with Crippen LogP contribution in [0.5, 0.6) is 0 Å². The van der Waals surface area contributed by atoms with E-state index in [9.17, 15) is 4.79 Å². The molecular weight excluding hydrogens is 331 g/mol. The highest BCUT2D eigenvalue weighted by Crippen LogP contribution is 2.22. The SMILES string of the molecule is O=c1oc(CCCCO)c(I)c2ccccc12. The minimum atomic E-state index is -0.278. The number of benzene rings is 1. The first-order valence-electron chi connectivity index (χ1n) is 5.55. The summed E-state index contributed by atoms with van der Waals surface area (Å²) in [6.07, 6.45) is 2.25. The molecule has 0 spiro atoms. The summed E-state index contributed by atoms with van der Waals surface area (Å²) in [5.41, 5.74) is -0.278. The predicted molar refractivity (Wildman–Crippen MR) is 75.2 cm³/mol. The number of rotatable bonds is 4. The van der Waals surface area contributed by atoms with Crippen molar-refractivity contribution in [3.63, 3.8) is 0 Å². The zero-order chi connectivity index (χ0) is 12.3. The van der Waals surface area contributed by atoms with Crippen LogP contribution >= 0.6 is 22.6 Å². The third-order valence-corrected chi connectivity index (χ3v) is 3.84. The quantitative estimate of drug-likeness (QED) is 0.685. The molecule has 3 nitrogen and oxygen atoms in total. The van der Waals surface area contributed by atoms with E-state index in [-0.39, 0.29) is 12.2 Å². The molecule has 0 bridgehead atoms. The Morgan fingerprint density at radius 1 is 1.18 bits per heavy atom. The van der Waals surface area contributed by atoms with Gasteiger partial charge in [0, 0.05) is 18.4 Å². The number of aliphatic hydroxyl groups is 1. The molecule has 0 saturated carbocycles. The molecule has 0 saturated heterocycles. The first-order chi connectivity index (χ1) is 8.24. The fraction of sp³-hybridized carbons (Fsp3) is 0.308. The summed E-state index contributed by atoms with van der Waals surface area (Å²) in [5, 5.41) is 10.3. The maximum atomic E-state index is 11.8. The van der Waals surface area contributed by atoms with Crippen molar-refractivity contribution in [1.29, 1.82) is 0 Å². The minimum Gasteiger partial charge on any atom is -0.426 e. The number of aliphatic hydroxyl groups excluding tert-OH is 1. The van der Waals surface area contributed by atoms with Crippen molar-refractivity contribution in [2.45, 2.75) is 19.3 Å². The second kappa shape index (κ2) is 5.64. The molecule has 0 aliphatic carbocycles. The van der Waals surface area contributed by atoms with E-state index < -0.39 is 0 Å². The molecule has 1 aromatic heterocycles. The predicted octanol–water partition coefficient (Wildman–Crippen LogP) is 2.71. The lowest BCUT2D eigenvalue weighted by molar-refractivity contribution is 0.282. The highest BCUT2D eigenvalue weighted by Gasteiger charge is 2.10. The number of unbranched alkanes of at least 4 members (excludes halogenated alkanes) is 1. The topological polar surface area (TPSA) is 50.4 Å². The fourth-order valence-corrected chi connectivity index (χ4v) is 2.62. The van der Waals surface area contributed by atoms with E-state index in [1.54, 1.807) is 6.07 Å². The molecule has 0 radical (unpaired) electrons. The monoisotopic (exact) mass is 344 g/mol. The van der Waals surface area contributed by atoms with Crippen molar-refractivity contribution < 1.29 is 9.52 Å². The summed E-state index contributed by atoms with van der Waals surface area (Å²) in [6, 6.07) is 7.46. The van der Waals surface area contributed by atoms with Gasteiger partial charge >= 0.3 is 5.63 Å². The van der Waals surface area contributed by atoms with Crippen LogP contribution in [0.1, 0.15) is 18.6 Å². The van der Waals surface area contributed by atoms with Crippen molar-refractivity contribution in [2.75, 3.05) is 6.61 Å². The minimum absolute atomic E-state index is 0.175. The van der Waals surface area contributed by atoms with Crippen molar-refractivity contribution in [3.8, 4) is 0 Å². The van der Waals surface area contributed by atoms with Crippen LogP contribution in [-0.4, -0.2) is 11.7 Å². The summed E-state index contributed by atoms with van der Waals surface area (Å²) >= 11 is 2.21. The Labute approximate surface area is 113 Å². The molecule has 0 amide bonds. The zero-order valence-corrected chi connectivity index (χ0v) is 11.4. The third kappa shape index (κ3) is 2.69. The third-order valence-electron chi connectivity index (χ3n) is 2.66. The Bertz CT molecular complexity index is 574. The Kier molecular flexibility index (Phi) is 4.17. The van der Waals surface area contributed by atoms with Gasteiger partial charge in [0.15, 0.2) is 0 Å². The number of hydrogen-bond acceptors (Lipinski definition) is 3. The van der Waals surface area contributed by atoms with Crippen LogP contribution in [0.25, 0.3) is 10.8 Å². The molecule has 4 heteroatoms. The maximum absolute atomic E-state index is 11.8. The molecular formula is C13H13IO3. The molecule has 1 heterocycles.